The molecule has 0 saturated carbocycles. The van der Waals surface area contributed by atoms with Crippen LogP contribution in [0.2, 0.25) is 0 Å². The molecular formula is C20H17N3O2. The van der Waals surface area contributed by atoms with Gasteiger partial charge in [-0.1, -0.05) is 30.3 Å². The third-order valence-corrected chi connectivity index (χ3v) is 4.26. The van der Waals surface area contributed by atoms with Gasteiger partial charge < -0.3 is 20.5 Å². The molecule has 0 bridgehead atoms. The molecule has 4 rings (SSSR count). The summed E-state index contributed by atoms with van der Waals surface area (Å²) in [7, 11) is 0. The molecular weight excluding hydrogens is 314 g/mol. The van der Waals surface area contributed by atoms with E-state index in [9.17, 15) is 10.2 Å². The Morgan fingerprint density at radius 3 is 2.64 bits per heavy atom. The molecule has 0 aliphatic carbocycles. The van der Waals surface area contributed by atoms with Gasteiger partial charge in [0.15, 0.2) is 11.5 Å². The van der Waals surface area contributed by atoms with Gasteiger partial charge in [-0.05, 0) is 24.3 Å². The third kappa shape index (κ3) is 2.76. The minimum absolute atomic E-state index is 0.130. The molecule has 0 aliphatic rings. The SMILES string of the molecule is Oc1cccc(C(Nc2cccnc2)c2c[nH]c3ccccc23)c1O. The first-order valence-electron chi connectivity index (χ1n) is 7.97. The molecule has 2 aromatic carbocycles. The number of benzene rings is 2. The van der Waals surface area contributed by atoms with Crippen LogP contribution in [0, 0.1) is 0 Å². The van der Waals surface area contributed by atoms with Gasteiger partial charge in [-0.15, -0.1) is 0 Å². The monoisotopic (exact) mass is 331 g/mol. The Labute approximate surface area is 144 Å². The number of anilines is 1. The molecule has 0 fully saturated rings. The fraction of sp³-hybridized carbons (Fsp3) is 0.0500. The summed E-state index contributed by atoms with van der Waals surface area (Å²) in [6.45, 7) is 0. The number of aromatic nitrogens is 2. The number of rotatable bonds is 4. The van der Waals surface area contributed by atoms with Gasteiger partial charge in [0.2, 0.25) is 0 Å². The zero-order valence-corrected chi connectivity index (χ0v) is 13.3. The maximum atomic E-state index is 10.4. The highest BCUT2D eigenvalue weighted by Crippen LogP contribution is 2.39. The lowest BCUT2D eigenvalue weighted by atomic mass is 9.96. The van der Waals surface area contributed by atoms with Crippen molar-refractivity contribution in [2.75, 3.05) is 5.32 Å². The van der Waals surface area contributed by atoms with Crippen molar-refractivity contribution >= 4 is 16.6 Å². The predicted molar refractivity (Wildman–Crippen MR) is 97.8 cm³/mol. The number of aromatic hydroxyl groups is 2. The lowest BCUT2D eigenvalue weighted by Crippen LogP contribution is -2.12. The smallest absolute Gasteiger partial charge is 0.163 e. The maximum Gasteiger partial charge on any atom is 0.163 e. The minimum Gasteiger partial charge on any atom is -0.504 e. The highest BCUT2D eigenvalue weighted by Gasteiger charge is 2.22. The Balaban J connectivity index is 1.88. The van der Waals surface area contributed by atoms with Gasteiger partial charge >= 0.3 is 0 Å². The third-order valence-electron chi connectivity index (χ3n) is 4.26. The molecule has 1 atom stereocenters. The molecule has 124 valence electrons. The first-order chi connectivity index (χ1) is 12.2. The molecule has 4 N–H and O–H groups in total. The van der Waals surface area contributed by atoms with E-state index in [1.54, 1.807) is 24.5 Å². The first-order valence-corrected chi connectivity index (χ1v) is 7.97. The maximum absolute atomic E-state index is 10.4. The van der Waals surface area contributed by atoms with Crippen LogP contribution in [0.1, 0.15) is 17.2 Å². The van der Waals surface area contributed by atoms with Crippen LogP contribution in [0.4, 0.5) is 5.69 Å². The molecule has 4 aromatic rings. The fourth-order valence-corrected chi connectivity index (χ4v) is 3.05. The Kier molecular flexibility index (Phi) is 3.74. The van der Waals surface area contributed by atoms with Crippen molar-refractivity contribution in [2.24, 2.45) is 0 Å². The zero-order chi connectivity index (χ0) is 17.2. The average Bonchev–Trinajstić information content (AvgIpc) is 3.07. The van der Waals surface area contributed by atoms with E-state index < -0.39 is 0 Å². The van der Waals surface area contributed by atoms with E-state index in [-0.39, 0.29) is 17.5 Å². The summed E-state index contributed by atoms with van der Waals surface area (Å²) in [5.41, 5.74) is 3.39. The van der Waals surface area contributed by atoms with Crippen LogP contribution < -0.4 is 5.32 Å². The van der Waals surface area contributed by atoms with E-state index in [0.717, 1.165) is 22.2 Å². The number of hydrogen-bond acceptors (Lipinski definition) is 4. The van der Waals surface area contributed by atoms with Crippen LogP contribution in [0.15, 0.2) is 73.2 Å². The summed E-state index contributed by atoms with van der Waals surface area (Å²) >= 11 is 0. The quantitative estimate of drug-likeness (QED) is 0.423. The van der Waals surface area contributed by atoms with Gasteiger partial charge in [0.25, 0.3) is 0 Å². The Morgan fingerprint density at radius 1 is 0.920 bits per heavy atom. The van der Waals surface area contributed by atoms with E-state index >= 15 is 0 Å². The standard InChI is InChI=1S/C20H17N3O2/c24-18-9-3-7-15(20(18)25)19(23-13-5-4-10-21-11-13)16-12-22-17-8-2-1-6-14(16)17/h1-12,19,22-25H. The van der Waals surface area contributed by atoms with Crippen LogP contribution in [-0.4, -0.2) is 20.2 Å². The highest BCUT2D eigenvalue weighted by atomic mass is 16.3. The van der Waals surface area contributed by atoms with Gasteiger partial charge in [-0.3, -0.25) is 4.98 Å². The topological polar surface area (TPSA) is 81.2 Å². The van der Waals surface area contributed by atoms with E-state index in [0.29, 0.717) is 5.56 Å². The molecule has 5 nitrogen and oxygen atoms in total. The van der Waals surface area contributed by atoms with E-state index in [4.69, 9.17) is 0 Å². The largest absolute Gasteiger partial charge is 0.504 e. The Bertz CT molecular complexity index is 1010. The normalized spacial score (nSPS) is 12.2. The number of nitrogens with zero attached hydrogens (tertiary/aromatic N) is 1. The van der Waals surface area contributed by atoms with Crippen molar-refractivity contribution < 1.29 is 10.2 Å². The van der Waals surface area contributed by atoms with Crippen LogP contribution >= 0.6 is 0 Å². The number of phenols is 2. The highest BCUT2D eigenvalue weighted by molar-refractivity contribution is 5.84. The number of nitrogens with one attached hydrogen (secondary N) is 2. The van der Waals surface area contributed by atoms with Crippen molar-refractivity contribution in [1.82, 2.24) is 9.97 Å². The second-order valence-corrected chi connectivity index (χ2v) is 5.82. The van der Waals surface area contributed by atoms with Crippen LogP contribution in [0.25, 0.3) is 10.9 Å². The number of H-pyrrole nitrogens is 1. The van der Waals surface area contributed by atoms with Crippen molar-refractivity contribution in [3.8, 4) is 11.5 Å². The Hall–Kier alpha value is -3.47. The van der Waals surface area contributed by atoms with Crippen molar-refractivity contribution in [3.05, 3.63) is 84.3 Å². The summed E-state index contributed by atoms with van der Waals surface area (Å²) in [6, 6.07) is 16.4. The molecule has 0 spiro atoms. The molecule has 0 radical (unpaired) electrons. The molecule has 0 saturated heterocycles. The van der Waals surface area contributed by atoms with Crippen molar-refractivity contribution in [2.45, 2.75) is 6.04 Å². The first kappa shape index (κ1) is 15.1. The summed E-state index contributed by atoms with van der Waals surface area (Å²) in [4.78, 5) is 7.39. The number of aromatic amines is 1. The van der Waals surface area contributed by atoms with Crippen LogP contribution in [-0.2, 0) is 0 Å². The van der Waals surface area contributed by atoms with Gasteiger partial charge in [-0.25, -0.2) is 0 Å². The van der Waals surface area contributed by atoms with Gasteiger partial charge in [0, 0.05) is 40.6 Å². The molecule has 0 amide bonds. The minimum atomic E-state index is -0.354. The number of fused-ring (bicyclic) bond motifs is 1. The van der Waals surface area contributed by atoms with E-state index in [1.165, 1.54) is 6.07 Å². The number of para-hydroxylation sites is 2. The summed E-state index contributed by atoms with van der Waals surface area (Å²) < 4.78 is 0. The summed E-state index contributed by atoms with van der Waals surface area (Å²) in [6.07, 6.45) is 5.35. The van der Waals surface area contributed by atoms with Gasteiger partial charge in [-0.2, -0.15) is 0 Å². The molecule has 2 aromatic heterocycles. The fourth-order valence-electron chi connectivity index (χ4n) is 3.05. The molecule has 2 heterocycles. The molecule has 25 heavy (non-hydrogen) atoms. The summed E-state index contributed by atoms with van der Waals surface area (Å²) in [5, 5.41) is 24.8. The number of pyridine rings is 1. The predicted octanol–water partition coefficient (Wildman–Crippen LogP) is 4.18. The lowest BCUT2D eigenvalue weighted by molar-refractivity contribution is 0.398. The molecule has 5 heteroatoms. The number of phenolic OH excluding ortho intramolecular Hbond substituents is 2. The van der Waals surface area contributed by atoms with Crippen LogP contribution in [0.3, 0.4) is 0 Å². The molecule has 1 unspecified atom stereocenters. The van der Waals surface area contributed by atoms with Crippen molar-refractivity contribution in [1.29, 1.82) is 0 Å². The lowest BCUT2D eigenvalue weighted by Gasteiger charge is -2.21. The number of hydrogen-bond donors (Lipinski definition) is 4. The Morgan fingerprint density at radius 2 is 1.80 bits per heavy atom. The zero-order valence-electron chi connectivity index (χ0n) is 13.3. The van der Waals surface area contributed by atoms with Gasteiger partial charge in [0.1, 0.15) is 0 Å². The van der Waals surface area contributed by atoms with Crippen LogP contribution in [0.5, 0.6) is 11.5 Å². The second kappa shape index (κ2) is 6.20. The second-order valence-electron chi connectivity index (χ2n) is 5.82. The van der Waals surface area contributed by atoms with Crippen molar-refractivity contribution in [3.63, 3.8) is 0 Å². The van der Waals surface area contributed by atoms with E-state index in [2.05, 4.69) is 15.3 Å². The van der Waals surface area contributed by atoms with Gasteiger partial charge in [0.05, 0.1) is 11.7 Å². The molecule has 0 aliphatic heterocycles. The average molecular weight is 331 g/mol. The summed E-state index contributed by atoms with van der Waals surface area (Å²) in [5.74, 6) is -0.274. The van der Waals surface area contributed by atoms with E-state index in [1.807, 2.05) is 42.6 Å².